The topological polar surface area (TPSA) is 86.9 Å². The summed E-state index contributed by atoms with van der Waals surface area (Å²) in [7, 11) is 4.62. The minimum Gasteiger partial charge on any atom is -0.493 e. The maximum atomic E-state index is 12.9. The van der Waals surface area contributed by atoms with Crippen molar-refractivity contribution in [3.8, 4) is 28.7 Å². The molecule has 3 aromatic rings. The number of anilines is 1. The molecule has 0 saturated carbocycles. The van der Waals surface area contributed by atoms with E-state index in [2.05, 4.69) is 23.2 Å². The molecular formula is C22H23N3O5S. The van der Waals surface area contributed by atoms with Crippen LogP contribution in [0.1, 0.15) is 12.5 Å². The molecule has 0 saturated heterocycles. The van der Waals surface area contributed by atoms with Gasteiger partial charge in [-0.1, -0.05) is 30.0 Å². The van der Waals surface area contributed by atoms with Gasteiger partial charge < -0.3 is 23.5 Å². The highest BCUT2D eigenvalue weighted by molar-refractivity contribution is 7.99. The van der Waals surface area contributed by atoms with E-state index in [0.29, 0.717) is 33.9 Å². The van der Waals surface area contributed by atoms with Crippen molar-refractivity contribution in [1.82, 2.24) is 10.2 Å². The molecule has 0 bridgehead atoms. The Labute approximate surface area is 184 Å². The predicted octanol–water partition coefficient (Wildman–Crippen LogP) is 3.83. The monoisotopic (exact) mass is 441 g/mol. The number of benzene rings is 2. The number of fused-ring (bicyclic) bond motifs is 1. The van der Waals surface area contributed by atoms with Gasteiger partial charge >= 0.3 is 0 Å². The number of carbonyl (C=O) groups is 1. The molecule has 0 aliphatic carbocycles. The van der Waals surface area contributed by atoms with Crippen LogP contribution < -0.4 is 19.1 Å². The third-order valence-corrected chi connectivity index (χ3v) is 5.92. The van der Waals surface area contributed by atoms with E-state index in [4.69, 9.17) is 18.6 Å². The van der Waals surface area contributed by atoms with Crippen molar-refractivity contribution in [2.75, 3.05) is 32.0 Å². The Hall–Kier alpha value is -3.20. The normalized spacial score (nSPS) is 15.0. The molecule has 1 aliphatic heterocycles. The summed E-state index contributed by atoms with van der Waals surface area (Å²) >= 11 is 1.22. The summed E-state index contributed by atoms with van der Waals surface area (Å²) in [6.07, 6.45) is 0.860. The third kappa shape index (κ3) is 4.05. The van der Waals surface area contributed by atoms with Gasteiger partial charge in [-0.3, -0.25) is 4.79 Å². The SMILES string of the molecule is COc1cc(-c2nnc(SCC(=O)N3c4ccccc4C[C@H]3C)o2)cc(OC)c1OC. The Balaban J connectivity index is 1.48. The van der Waals surface area contributed by atoms with E-state index >= 15 is 0 Å². The van der Waals surface area contributed by atoms with Gasteiger partial charge in [-0.2, -0.15) is 0 Å². The predicted molar refractivity (Wildman–Crippen MR) is 117 cm³/mol. The molecule has 0 N–H and O–H groups in total. The van der Waals surface area contributed by atoms with Crippen LogP contribution in [-0.4, -0.2) is 49.2 Å². The molecule has 1 atom stereocenters. The van der Waals surface area contributed by atoms with Crippen molar-refractivity contribution in [2.45, 2.75) is 24.6 Å². The first kappa shape index (κ1) is 21.0. The zero-order chi connectivity index (χ0) is 22.0. The van der Waals surface area contributed by atoms with Gasteiger partial charge in [-0.15, -0.1) is 10.2 Å². The lowest BCUT2D eigenvalue weighted by Crippen LogP contribution is -2.36. The fraction of sp³-hybridized carbons (Fsp3) is 0.318. The highest BCUT2D eigenvalue weighted by Crippen LogP contribution is 2.41. The first-order chi connectivity index (χ1) is 15.0. The second-order valence-electron chi connectivity index (χ2n) is 7.02. The molecule has 0 spiro atoms. The lowest BCUT2D eigenvalue weighted by Gasteiger charge is -2.22. The van der Waals surface area contributed by atoms with Crippen molar-refractivity contribution in [1.29, 1.82) is 0 Å². The van der Waals surface area contributed by atoms with E-state index < -0.39 is 0 Å². The van der Waals surface area contributed by atoms with E-state index in [0.717, 1.165) is 12.1 Å². The number of amides is 1. The molecule has 2 aromatic carbocycles. The first-order valence-electron chi connectivity index (χ1n) is 9.72. The molecule has 2 heterocycles. The molecule has 1 aliphatic rings. The fourth-order valence-corrected chi connectivity index (χ4v) is 4.35. The molecular weight excluding hydrogens is 418 g/mol. The molecule has 1 aromatic heterocycles. The van der Waals surface area contributed by atoms with Crippen molar-refractivity contribution in [3.63, 3.8) is 0 Å². The van der Waals surface area contributed by atoms with Gasteiger partial charge in [0.1, 0.15) is 0 Å². The number of aromatic nitrogens is 2. The van der Waals surface area contributed by atoms with Crippen LogP contribution in [0.5, 0.6) is 17.2 Å². The van der Waals surface area contributed by atoms with Gasteiger partial charge in [-0.05, 0) is 37.1 Å². The van der Waals surface area contributed by atoms with Gasteiger partial charge in [-0.25, -0.2) is 0 Å². The van der Waals surface area contributed by atoms with E-state index in [1.165, 1.54) is 24.4 Å². The number of ether oxygens (including phenoxy) is 3. The molecule has 0 unspecified atom stereocenters. The Bertz CT molecular complexity index is 1080. The summed E-state index contributed by atoms with van der Waals surface area (Å²) in [5.41, 5.74) is 2.79. The van der Waals surface area contributed by atoms with Crippen LogP contribution in [0.3, 0.4) is 0 Å². The lowest BCUT2D eigenvalue weighted by atomic mass is 10.1. The Morgan fingerprint density at radius 1 is 1.13 bits per heavy atom. The number of hydrogen-bond acceptors (Lipinski definition) is 8. The van der Waals surface area contributed by atoms with Gasteiger partial charge in [0.2, 0.25) is 17.5 Å². The second kappa shape index (κ2) is 8.89. The maximum absolute atomic E-state index is 12.9. The molecule has 8 nitrogen and oxygen atoms in total. The van der Waals surface area contributed by atoms with Crippen LogP contribution in [0, 0.1) is 0 Å². The second-order valence-corrected chi connectivity index (χ2v) is 7.95. The van der Waals surface area contributed by atoms with Crippen LogP contribution in [-0.2, 0) is 11.2 Å². The summed E-state index contributed by atoms with van der Waals surface area (Å²) in [6, 6.07) is 11.6. The average Bonchev–Trinajstić information content (AvgIpc) is 3.40. The summed E-state index contributed by atoms with van der Waals surface area (Å²) in [5, 5.41) is 8.49. The largest absolute Gasteiger partial charge is 0.493 e. The van der Waals surface area contributed by atoms with Crippen LogP contribution in [0.25, 0.3) is 11.5 Å². The van der Waals surface area contributed by atoms with Crippen molar-refractivity contribution in [3.05, 3.63) is 42.0 Å². The van der Waals surface area contributed by atoms with Gasteiger partial charge in [0.25, 0.3) is 5.22 Å². The molecule has 162 valence electrons. The van der Waals surface area contributed by atoms with Crippen molar-refractivity contribution < 1.29 is 23.4 Å². The number of methoxy groups -OCH3 is 3. The van der Waals surface area contributed by atoms with Crippen molar-refractivity contribution >= 4 is 23.4 Å². The van der Waals surface area contributed by atoms with Gasteiger partial charge in [0.05, 0.1) is 27.1 Å². The van der Waals surface area contributed by atoms with Gasteiger partial charge in [0, 0.05) is 17.3 Å². The number of nitrogens with zero attached hydrogens (tertiary/aromatic N) is 3. The average molecular weight is 442 g/mol. The summed E-state index contributed by atoms with van der Waals surface area (Å²) in [5.74, 6) is 1.97. The number of rotatable bonds is 7. The van der Waals surface area contributed by atoms with Crippen molar-refractivity contribution in [2.24, 2.45) is 0 Å². The lowest BCUT2D eigenvalue weighted by molar-refractivity contribution is -0.116. The molecule has 1 amide bonds. The molecule has 9 heteroatoms. The van der Waals surface area contributed by atoms with E-state index in [9.17, 15) is 4.79 Å². The van der Waals surface area contributed by atoms with Crippen LogP contribution in [0.4, 0.5) is 5.69 Å². The molecule has 4 rings (SSSR count). The molecule has 31 heavy (non-hydrogen) atoms. The van der Waals surface area contributed by atoms with Crippen LogP contribution >= 0.6 is 11.8 Å². The van der Waals surface area contributed by atoms with E-state index in [1.54, 1.807) is 26.4 Å². The summed E-state index contributed by atoms with van der Waals surface area (Å²) < 4.78 is 21.9. The number of carbonyl (C=O) groups excluding carboxylic acids is 1. The van der Waals surface area contributed by atoms with Crippen LogP contribution in [0.2, 0.25) is 0 Å². The van der Waals surface area contributed by atoms with Gasteiger partial charge in [0.15, 0.2) is 11.5 Å². The zero-order valence-electron chi connectivity index (χ0n) is 17.7. The molecule has 0 fully saturated rings. The quantitative estimate of drug-likeness (QED) is 0.511. The minimum absolute atomic E-state index is 0.00925. The number of para-hydroxylation sites is 1. The fourth-order valence-electron chi connectivity index (χ4n) is 3.73. The number of thioether (sulfide) groups is 1. The smallest absolute Gasteiger partial charge is 0.277 e. The third-order valence-electron chi connectivity index (χ3n) is 5.11. The first-order valence-corrected chi connectivity index (χ1v) is 10.7. The van der Waals surface area contributed by atoms with Crippen LogP contribution in [0.15, 0.2) is 46.0 Å². The molecule has 0 radical (unpaired) electrons. The van der Waals surface area contributed by atoms with E-state index in [-0.39, 0.29) is 17.7 Å². The highest BCUT2D eigenvalue weighted by atomic mass is 32.2. The zero-order valence-corrected chi connectivity index (χ0v) is 18.6. The number of hydrogen-bond donors (Lipinski definition) is 0. The Kier molecular flexibility index (Phi) is 6.03. The van der Waals surface area contributed by atoms with E-state index in [1.807, 2.05) is 23.1 Å². The minimum atomic E-state index is 0.00925. The Morgan fingerprint density at radius 3 is 2.52 bits per heavy atom. The summed E-state index contributed by atoms with van der Waals surface area (Å²) in [4.78, 5) is 14.7. The Morgan fingerprint density at radius 2 is 1.84 bits per heavy atom. The summed E-state index contributed by atoms with van der Waals surface area (Å²) in [6.45, 7) is 2.05. The maximum Gasteiger partial charge on any atom is 0.277 e. The highest BCUT2D eigenvalue weighted by Gasteiger charge is 2.30. The standard InChI is InChI=1S/C22H23N3O5S/c1-13-9-14-7-5-6-8-16(14)25(13)19(26)12-31-22-24-23-21(30-22)15-10-17(27-2)20(29-4)18(11-15)28-3/h5-8,10-11,13H,9,12H2,1-4H3/t13-/m1/s1.